The number of aryl methyl sites for hydroxylation is 1. The number of carboxylic acids is 1. The number of amides is 1. The number of carbonyl (C=O) groups excluding carboxylic acids is 1. The molecular formula is C15H17N3O4. The zero-order valence-corrected chi connectivity index (χ0v) is 12.4. The van der Waals surface area contributed by atoms with Crippen LogP contribution < -0.4 is 10.1 Å². The van der Waals surface area contributed by atoms with Crippen molar-refractivity contribution in [3.05, 3.63) is 47.3 Å². The van der Waals surface area contributed by atoms with Gasteiger partial charge in [0.15, 0.2) is 0 Å². The fourth-order valence-electron chi connectivity index (χ4n) is 2.04. The Hall–Kier alpha value is -2.83. The van der Waals surface area contributed by atoms with Gasteiger partial charge in [-0.2, -0.15) is 5.10 Å². The van der Waals surface area contributed by atoms with Gasteiger partial charge in [0.05, 0.1) is 24.4 Å². The Labute approximate surface area is 127 Å². The first-order valence-electron chi connectivity index (χ1n) is 6.68. The second-order valence-electron chi connectivity index (χ2n) is 4.74. The van der Waals surface area contributed by atoms with Crippen molar-refractivity contribution in [2.24, 2.45) is 7.05 Å². The topological polar surface area (TPSA) is 93.4 Å². The van der Waals surface area contributed by atoms with Crippen LogP contribution in [0.25, 0.3) is 0 Å². The lowest BCUT2D eigenvalue weighted by Gasteiger charge is -2.10. The highest BCUT2D eigenvalue weighted by Crippen LogP contribution is 2.20. The van der Waals surface area contributed by atoms with Gasteiger partial charge < -0.3 is 15.2 Å². The van der Waals surface area contributed by atoms with Crippen LogP contribution in [0, 0.1) is 0 Å². The number of rotatable bonds is 6. The first-order chi connectivity index (χ1) is 10.5. The summed E-state index contributed by atoms with van der Waals surface area (Å²) >= 11 is 0. The molecule has 0 bridgehead atoms. The van der Waals surface area contributed by atoms with Crippen LogP contribution in [0.3, 0.4) is 0 Å². The molecule has 0 saturated carbocycles. The van der Waals surface area contributed by atoms with Crippen molar-refractivity contribution < 1.29 is 19.4 Å². The molecule has 116 valence electrons. The van der Waals surface area contributed by atoms with E-state index in [1.54, 1.807) is 24.0 Å². The third kappa shape index (κ3) is 3.63. The Bertz CT molecular complexity index is 694. The zero-order chi connectivity index (χ0) is 16.1. The molecule has 0 atom stereocenters. The number of aromatic nitrogens is 2. The standard InChI is InChI=1S/C15H17N3O4/c1-18-9-12(8-17-18)14(19)16-6-5-10-3-4-11(15(20)21)7-13(10)22-2/h3-4,7-9H,5-6H2,1-2H3,(H,16,19)(H,20,21). The van der Waals surface area contributed by atoms with Gasteiger partial charge in [0.2, 0.25) is 0 Å². The molecule has 0 aliphatic heterocycles. The van der Waals surface area contributed by atoms with Crippen LogP contribution in [-0.4, -0.2) is 40.4 Å². The summed E-state index contributed by atoms with van der Waals surface area (Å²) in [6.45, 7) is 0.413. The summed E-state index contributed by atoms with van der Waals surface area (Å²) in [5.74, 6) is -0.709. The predicted molar refractivity (Wildman–Crippen MR) is 79.2 cm³/mol. The molecule has 1 heterocycles. The van der Waals surface area contributed by atoms with Crippen molar-refractivity contribution in [2.75, 3.05) is 13.7 Å². The number of hydrogen-bond acceptors (Lipinski definition) is 4. The maximum atomic E-state index is 11.9. The minimum absolute atomic E-state index is 0.167. The number of aromatic carboxylic acids is 1. The molecule has 2 aromatic rings. The molecule has 1 aromatic heterocycles. The van der Waals surface area contributed by atoms with Crippen molar-refractivity contribution in [3.63, 3.8) is 0 Å². The van der Waals surface area contributed by atoms with Crippen LogP contribution in [0.4, 0.5) is 0 Å². The van der Waals surface area contributed by atoms with Gasteiger partial charge in [0, 0.05) is 19.8 Å². The lowest BCUT2D eigenvalue weighted by atomic mass is 10.1. The van der Waals surface area contributed by atoms with Crippen molar-refractivity contribution in [2.45, 2.75) is 6.42 Å². The molecule has 2 rings (SSSR count). The summed E-state index contributed by atoms with van der Waals surface area (Å²) in [4.78, 5) is 22.8. The number of methoxy groups -OCH3 is 1. The minimum Gasteiger partial charge on any atom is -0.496 e. The van der Waals surface area contributed by atoms with E-state index in [1.165, 1.54) is 25.4 Å². The van der Waals surface area contributed by atoms with Gasteiger partial charge in [0.25, 0.3) is 5.91 Å². The molecule has 2 N–H and O–H groups in total. The average molecular weight is 303 g/mol. The smallest absolute Gasteiger partial charge is 0.335 e. The van der Waals surface area contributed by atoms with Crippen LogP contribution in [-0.2, 0) is 13.5 Å². The van der Waals surface area contributed by atoms with Gasteiger partial charge in [-0.15, -0.1) is 0 Å². The Balaban J connectivity index is 1.96. The second-order valence-corrected chi connectivity index (χ2v) is 4.74. The molecule has 0 unspecified atom stereocenters. The van der Waals surface area contributed by atoms with E-state index in [0.717, 1.165) is 5.56 Å². The third-order valence-electron chi connectivity index (χ3n) is 3.18. The number of nitrogens with zero attached hydrogens (tertiary/aromatic N) is 2. The van der Waals surface area contributed by atoms with Crippen LogP contribution in [0.15, 0.2) is 30.6 Å². The molecule has 7 nitrogen and oxygen atoms in total. The highest BCUT2D eigenvalue weighted by atomic mass is 16.5. The minimum atomic E-state index is -1.00. The van der Waals surface area contributed by atoms with Crippen LogP contribution in [0.2, 0.25) is 0 Å². The fourth-order valence-corrected chi connectivity index (χ4v) is 2.04. The summed E-state index contributed by atoms with van der Waals surface area (Å²) in [5.41, 5.74) is 1.50. The SMILES string of the molecule is COc1cc(C(=O)O)ccc1CCNC(=O)c1cnn(C)c1. The Morgan fingerprint density at radius 1 is 1.36 bits per heavy atom. The summed E-state index contributed by atoms with van der Waals surface area (Å²) < 4.78 is 6.75. The molecule has 0 radical (unpaired) electrons. The van der Waals surface area contributed by atoms with E-state index >= 15 is 0 Å². The van der Waals surface area contributed by atoms with E-state index in [0.29, 0.717) is 24.3 Å². The summed E-state index contributed by atoms with van der Waals surface area (Å²) in [7, 11) is 3.23. The molecule has 0 aliphatic carbocycles. The van der Waals surface area contributed by atoms with E-state index in [9.17, 15) is 9.59 Å². The van der Waals surface area contributed by atoms with Crippen LogP contribution >= 0.6 is 0 Å². The van der Waals surface area contributed by atoms with Crippen molar-refractivity contribution in [3.8, 4) is 5.75 Å². The molecule has 7 heteroatoms. The molecule has 22 heavy (non-hydrogen) atoms. The Morgan fingerprint density at radius 3 is 2.73 bits per heavy atom. The van der Waals surface area contributed by atoms with Gasteiger partial charge in [0.1, 0.15) is 5.75 Å². The largest absolute Gasteiger partial charge is 0.496 e. The zero-order valence-electron chi connectivity index (χ0n) is 12.4. The number of hydrogen-bond donors (Lipinski definition) is 2. The normalized spacial score (nSPS) is 10.3. The van der Waals surface area contributed by atoms with Gasteiger partial charge in [-0.1, -0.05) is 6.07 Å². The van der Waals surface area contributed by atoms with E-state index < -0.39 is 5.97 Å². The number of nitrogens with one attached hydrogen (secondary N) is 1. The second kappa shape index (κ2) is 6.75. The van der Waals surface area contributed by atoms with Crippen LogP contribution in [0.1, 0.15) is 26.3 Å². The maximum Gasteiger partial charge on any atom is 0.335 e. The quantitative estimate of drug-likeness (QED) is 0.833. The lowest BCUT2D eigenvalue weighted by Crippen LogP contribution is -2.25. The molecule has 0 spiro atoms. The van der Waals surface area contributed by atoms with E-state index in [1.807, 2.05) is 0 Å². The van der Waals surface area contributed by atoms with Crippen molar-refractivity contribution >= 4 is 11.9 Å². The van der Waals surface area contributed by atoms with Gasteiger partial charge in [-0.3, -0.25) is 9.48 Å². The summed E-state index contributed by atoms with van der Waals surface area (Å²) in [5, 5.41) is 15.7. The number of carboxylic acid groups (broad SMARTS) is 1. The van der Waals surface area contributed by atoms with Crippen molar-refractivity contribution in [1.29, 1.82) is 0 Å². The Kier molecular flexibility index (Phi) is 4.77. The molecule has 0 fully saturated rings. The average Bonchev–Trinajstić information content (AvgIpc) is 2.93. The monoisotopic (exact) mass is 303 g/mol. The summed E-state index contributed by atoms with van der Waals surface area (Å²) in [6, 6.07) is 4.68. The summed E-state index contributed by atoms with van der Waals surface area (Å²) in [6.07, 6.45) is 3.67. The highest BCUT2D eigenvalue weighted by molar-refractivity contribution is 5.93. The van der Waals surface area contributed by atoms with Gasteiger partial charge in [-0.05, 0) is 24.1 Å². The van der Waals surface area contributed by atoms with E-state index in [2.05, 4.69) is 10.4 Å². The molecule has 0 saturated heterocycles. The number of ether oxygens (including phenoxy) is 1. The number of benzene rings is 1. The first-order valence-corrected chi connectivity index (χ1v) is 6.68. The predicted octanol–water partition coefficient (Wildman–Crippen LogP) is 1.10. The van der Waals surface area contributed by atoms with E-state index in [4.69, 9.17) is 9.84 Å². The molecular weight excluding hydrogens is 286 g/mol. The lowest BCUT2D eigenvalue weighted by molar-refractivity contribution is 0.0696. The molecule has 1 amide bonds. The maximum absolute atomic E-state index is 11.9. The van der Waals surface area contributed by atoms with Gasteiger partial charge >= 0.3 is 5.97 Å². The number of carbonyl (C=O) groups is 2. The fraction of sp³-hybridized carbons (Fsp3) is 0.267. The third-order valence-corrected chi connectivity index (χ3v) is 3.18. The molecule has 1 aromatic carbocycles. The Morgan fingerprint density at radius 2 is 2.14 bits per heavy atom. The van der Waals surface area contributed by atoms with E-state index in [-0.39, 0.29) is 11.5 Å². The highest BCUT2D eigenvalue weighted by Gasteiger charge is 2.10. The first kappa shape index (κ1) is 15.6. The van der Waals surface area contributed by atoms with Gasteiger partial charge in [-0.25, -0.2) is 4.79 Å². The molecule has 0 aliphatic rings. The van der Waals surface area contributed by atoms with Crippen molar-refractivity contribution in [1.82, 2.24) is 15.1 Å². The van der Waals surface area contributed by atoms with Crippen LogP contribution in [0.5, 0.6) is 5.75 Å².